The zero-order chi connectivity index (χ0) is 22.5. The zero-order valence-electron chi connectivity index (χ0n) is 18.4. The van der Waals surface area contributed by atoms with E-state index >= 15 is 0 Å². The van der Waals surface area contributed by atoms with Crippen LogP contribution >= 0.6 is 0 Å². The number of aromatic nitrogens is 3. The predicted molar refractivity (Wildman–Crippen MR) is 121 cm³/mol. The van der Waals surface area contributed by atoms with Crippen molar-refractivity contribution in [2.24, 2.45) is 0 Å². The molecule has 0 saturated carbocycles. The fourth-order valence-electron chi connectivity index (χ4n) is 5.10. The van der Waals surface area contributed by atoms with Crippen molar-refractivity contribution in [1.82, 2.24) is 19.7 Å². The molecule has 33 heavy (non-hydrogen) atoms. The van der Waals surface area contributed by atoms with E-state index in [4.69, 9.17) is 4.74 Å². The van der Waals surface area contributed by atoms with Gasteiger partial charge in [-0.25, -0.2) is 13.5 Å². The fraction of sp³-hybridized carbons (Fsp3) is 0.417. The van der Waals surface area contributed by atoms with E-state index in [2.05, 4.69) is 44.3 Å². The third kappa shape index (κ3) is 4.18. The molecular weight excluding hydrogens is 426 g/mol. The summed E-state index contributed by atoms with van der Waals surface area (Å²) in [7, 11) is 0. The summed E-state index contributed by atoms with van der Waals surface area (Å²) in [6, 6.07) is 10.2. The summed E-state index contributed by atoms with van der Waals surface area (Å²) in [5, 5.41) is 7.54. The molecule has 172 valence electrons. The average Bonchev–Trinajstić information content (AvgIpc) is 3.32. The van der Waals surface area contributed by atoms with Gasteiger partial charge in [0.15, 0.2) is 0 Å². The second-order valence-electron chi connectivity index (χ2n) is 9.29. The molecule has 3 aliphatic rings. The number of benzene rings is 2. The Morgan fingerprint density at radius 2 is 1.64 bits per heavy atom. The number of hydrogen-bond acceptors (Lipinski definition) is 6. The van der Waals surface area contributed by atoms with E-state index < -0.39 is 11.6 Å². The molecule has 3 saturated heterocycles. The van der Waals surface area contributed by atoms with Crippen LogP contribution in [-0.4, -0.2) is 64.1 Å². The van der Waals surface area contributed by atoms with E-state index in [0.717, 1.165) is 49.2 Å². The van der Waals surface area contributed by atoms with Gasteiger partial charge in [0.2, 0.25) is 5.95 Å². The van der Waals surface area contributed by atoms with Gasteiger partial charge in [-0.2, -0.15) is 4.98 Å². The van der Waals surface area contributed by atoms with Gasteiger partial charge >= 0.3 is 0 Å². The van der Waals surface area contributed by atoms with E-state index in [1.165, 1.54) is 36.0 Å². The SMILES string of the molecule is Cc1cc(Nc2ncn(-c3cc(F)cc(F)c3)n2)cc(N2CC(N3CC4CCC(C3)O4)C2)c1. The van der Waals surface area contributed by atoms with E-state index in [0.29, 0.717) is 24.2 Å². The van der Waals surface area contributed by atoms with Gasteiger partial charge in [0.1, 0.15) is 18.0 Å². The number of hydrogen-bond donors (Lipinski definition) is 1. The average molecular weight is 453 g/mol. The van der Waals surface area contributed by atoms with Crippen LogP contribution in [0.2, 0.25) is 0 Å². The Labute approximate surface area is 191 Å². The molecule has 2 bridgehead atoms. The lowest BCUT2D eigenvalue weighted by atomic mass is 10.0. The first-order valence-electron chi connectivity index (χ1n) is 11.4. The van der Waals surface area contributed by atoms with Crippen LogP contribution < -0.4 is 10.2 Å². The Kier molecular flexibility index (Phi) is 5.03. The molecule has 7 nitrogen and oxygen atoms in total. The second-order valence-corrected chi connectivity index (χ2v) is 9.29. The standard InChI is InChI=1S/C24H26F2N6O/c1-15-4-18(28-24-27-14-32(29-24)20-7-16(25)6-17(26)8-20)9-19(5-15)30-10-21(11-30)31-12-22-2-3-23(13-31)33-22/h4-9,14,21-23H,2-3,10-13H2,1H3,(H,28,29). The first-order valence-corrected chi connectivity index (χ1v) is 11.4. The molecule has 3 fully saturated rings. The minimum atomic E-state index is -0.657. The van der Waals surface area contributed by atoms with Crippen LogP contribution in [-0.2, 0) is 4.74 Å². The Bertz CT molecular complexity index is 1150. The third-order valence-electron chi connectivity index (χ3n) is 6.74. The number of halogens is 2. The van der Waals surface area contributed by atoms with Gasteiger partial charge in [-0.15, -0.1) is 5.10 Å². The van der Waals surface area contributed by atoms with Gasteiger partial charge < -0.3 is 15.0 Å². The number of ether oxygens (including phenoxy) is 1. The van der Waals surface area contributed by atoms with E-state index in [1.807, 2.05) is 6.07 Å². The Balaban J connectivity index is 1.13. The number of nitrogens with zero attached hydrogens (tertiary/aromatic N) is 5. The minimum Gasteiger partial charge on any atom is -0.372 e. The van der Waals surface area contributed by atoms with Crippen LogP contribution in [0.1, 0.15) is 18.4 Å². The highest BCUT2D eigenvalue weighted by molar-refractivity contribution is 5.65. The van der Waals surface area contributed by atoms with Crippen molar-refractivity contribution in [3.63, 3.8) is 0 Å². The largest absolute Gasteiger partial charge is 0.372 e. The smallest absolute Gasteiger partial charge is 0.246 e. The number of nitrogens with one attached hydrogen (secondary N) is 1. The van der Waals surface area contributed by atoms with Crippen LogP contribution in [0.4, 0.5) is 26.1 Å². The summed E-state index contributed by atoms with van der Waals surface area (Å²) >= 11 is 0. The highest BCUT2D eigenvalue weighted by Gasteiger charge is 2.40. The monoisotopic (exact) mass is 452 g/mol. The number of fused-ring (bicyclic) bond motifs is 2. The van der Waals surface area contributed by atoms with E-state index in [-0.39, 0.29) is 5.69 Å². The first-order chi connectivity index (χ1) is 16.0. The molecule has 4 heterocycles. The Hall–Kier alpha value is -3.04. The number of aryl methyl sites for hydroxylation is 1. The molecule has 0 amide bonds. The molecule has 1 aromatic heterocycles. The van der Waals surface area contributed by atoms with Gasteiger partial charge in [0.25, 0.3) is 0 Å². The Morgan fingerprint density at radius 3 is 2.36 bits per heavy atom. The second kappa shape index (κ2) is 8.07. The predicted octanol–water partition coefficient (Wildman–Crippen LogP) is 3.65. The van der Waals surface area contributed by atoms with Gasteiger partial charge in [0.05, 0.1) is 17.9 Å². The quantitative estimate of drug-likeness (QED) is 0.638. The van der Waals surface area contributed by atoms with Crippen LogP contribution in [0.15, 0.2) is 42.7 Å². The highest BCUT2D eigenvalue weighted by Crippen LogP contribution is 2.32. The fourth-order valence-corrected chi connectivity index (χ4v) is 5.10. The summed E-state index contributed by atoms with van der Waals surface area (Å²) < 4.78 is 34.4. The summed E-state index contributed by atoms with van der Waals surface area (Å²) in [6.45, 7) is 6.20. The van der Waals surface area contributed by atoms with Gasteiger partial charge in [0, 0.05) is 49.7 Å². The molecule has 6 rings (SSSR count). The van der Waals surface area contributed by atoms with Gasteiger partial charge in [-0.1, -0.05) is 0 Å². The van der Waals surface area contributed by atoms with E-state index in [9.17, 15) is 8.78 Å². The zero-order valence-corrected chi connectivity index (χ0v) is 18.4. The molecule has 0 radical (unpaired) electrons. The molecule has 0 aliphatic carbocycles. The number of rotatable bonds is 5. The lowest BCUT2D eigenvalue weighted by Gasteiger charge is -2.49. The highest BCUT2D eigenvalue weighted by atomic mass is 19.1. The molecule has 2 aromatic carbocycles. The summed E-state index contributed by atoms with van der Waals surface area (Å²) in [4.78, 5) is 9.23. The molecule has 2 atom stereocenters. The normalized spacial score (nSPS) is 23.1. The maximum atomic E-state index is 13.5. The van der Waals surface area contributed by atoms with Crippen LogP contribution in [0, 0.1) is 18.6 Å². The minimum absolute atomic E-state index is 0.279. The molecule has 9 heteroatoms. The summed E-state index contributed by atoms with van der Waals surface area (Å²) in [5.74, 6) is -0.951. The molecular formula is C24H26F2N6O. The topological polar surface area (TPSA) is 58.5 Å². The maximum Gasteiger partial charge on any atom is 0.246 e. The van der Waals surface area contributed by atoms with Crippen LogP contribution in [0.5, 0.6) is 0 Å². The summed E-state index contributed by atoms with van der Waals surface area (Å²) in [6.07, 6.45) is 4.67. The maximum absolute atomic E-state index is 13.5. The van der Waals surface area contributed by atoms with Crippen molar-refractivity contribution >= 4 is 17.3 Å². The van der Waals surface area contributed by atoms with Crippen molar-refractivity contribution in [1.29, 1.82) is 0 Å². The van der Waals surface area contributed by atoms with Gasteiger partial charge in [-0.05, 0) is 55.7 Å². The molecule has 1 N–H and O–H groups in total. The lowest BCUT2D eigenvalue weighted by Crippen LogP contribution is -2.62. The molecule has 2 unspecified atom stereocenters. The number of likely N-dealkylation sites (tertiary alicyclic amines) is 1. The van der Waals surface area contributed by atoms with Crippen molar-refractivity contribution in [3.05, 3.63) is 59.9 Å². The van der Waals surface area contributed by atoms with Crippen LogP contribution in [0.25, 0.3) is 5.69 Å². The van der Waals surface area contributed by atoms with Crippen molar-refractivity contribution in [2.45, 2.75) is 38.0 Å². The van der Waals surface area contributed by atoms with Crippen LogP contribution in [0.3, 0.4) is 0 Å². The van der Waals surface area contributed by atoms with Crippen molar-refractivity contribution in [2.75, 3.05) is 36.4 Å². The molecule has 0 spiro atoms. The Morgan fingerprint density at radius 1 is 0.909 bits per heavy atom. The lowest BCUT2D eigenvalue weighted by molar-refractivity contribution is -0.0562. The van der Waals surface area contributed by atoms with E-state index in [1.54, 1.807) is 0 Å². The van der Waals surface area contributed by atoms with Gasteiger partial charge in [-0.3, -0.25) is 4.90 Å². The third-order valence-corrected chi connectivity index (χ3v) is 6.74. The first kappa shape index (κ1) is 20.6. The number of anilines is 3. The molecule has 3 aliphatic heterocycles. The van der Waals surface area contributed by atoms with Crippen molar-refractivity contribution < 1.29 is 13.5 Å². The van der Waals surface area contributed by atoms with Crippen molar-refractivity contribution in [3.8, 4) is 5.69 Å². The number of morpholine rings is 1. The summed E-state index contributed by atoms with van der Waals surface area (Å²) in [5.41, 5.74) is 3.45. The molecule has 3 aromatic rings.